The van der Waals surface area contributed by atoms with Gasteiger partial charge in [-0.1, -0.05) is 0 Å². The molecule has 2 heterocycles. The molecule has 0 saturated carbocycles. The summed E-state index contributed by atoms with van der Waals surface area (Å²) in [4.78, 5) is 17.7. The number of guanidine groups is 1. The highest BCUT2D eigenvalue weighted by Gasteiger charge is 2.24. The van der Waals surface area contributed by atoms with E-state index in [9.17, 15) is 4.79 Å². The predicted molar refractivity (Wildman–Crippen MR) is 100 cm³/mol. The Hall–Kier alpha value is -0.770. The van der Waals surface area contributed by atoms with Crippen LogP contribution in [0, 0.1) is 5.92 Å². The standard InChI is InChI=1S/C15H28N4O3.HI/c1-3-22-15(20)19-7-4-13(5-8-19)18-14(16-2)17-10-12-6-9-21-11-12;/h12-13H,3-11H2,1-2H3,(H2,16,17,18);1H. The quantitative estimate of drug-likeness (QED) is 0.393. The Balaban J connectivity index is 0.00000264. The Labute approximate surface area is 155 Å². The van der Waals surface area contributed by atoms with Crippen LogP contribution in [0.3, 0.4) is 0 Å². The minimum absolute atomic E-state index is 0. The molecule has 2 rings (SSSR count). The molecular weight excluding hydrogens is 411 g/mol. The molecule has 2 fully saturated rings. The molecule has 23 heavy (non-hydrogen) atoms. The highest BCUT2D eigenvalue weighted by atomic mass is 127. The second-order valence-electron chi connectivity index (χ2n) is 5.79. The zero-order chi connectivity index (χ0) is 15.8. The molecule has 0 bridgehead atoms. The molecule has 1 atom stereocenters. The van der Waals surface area contributed by atoms with Crippen molar-refractivity contribution in [2.24, 2.45) is 10.9 Å². The first-order valence-electron chi connectivity index (χ1n) is 8.19. The summed E-state index contributed by atoms with van der Waals surface area (Å²) in [5.74, 6) is 1.41. The zero-order valence-corrected chi connectivity index (χ0v) is 16.4. The van der Waals surface area contributed by atoms with E-state index in [2.05, 4.69) is 15.6 Å². The molecule has 2 saturated heterocycles. The number of hydrogen-bond donors (Lipinski definition) is 2. The molecular formula is C15H29IN4O3. The van der Waals surface area contributed by atoms with Crippen LogP contribution in [0.2, 0.25) is 0 Å². The molecule has 134 valence electrons. The smallest absolute Gasteiger partial charge is 0.409 e. The molecule has 8 heteroatoms. The first-order valence-corrected chi connectivity index (χ1v) is 8.19. The number of halogens is 1. The fourth-order valence-electron chi connectivity index (χ4n) is 2.79. The van der Waals surface area contributed by atoms with Gasteiger partial charge in [-0.05, 0) is 26.2 Å². The fraction of sp³-hybridized carbons (Fsp3) is 0.867. The molecule has 2 aliphatic rings. The number of carbonyl (C=O) groups excluding carboxylic acids is 1. The van der Waals surface area contributed by atoms with E-state index in [-0.39, 0.29) is 30.1 Å². The van der Waals surface area contributed by atoms with Crippen LogP contribution in [0.1, 0.15) is 26.2 Å². The van der Waals surface area contributed by atoms with Crippen LogP contribution in [-0.2, 0) is 9.47 Å². The zero-order valence-electron chi connectivity index (χ0n) is 14.0. The summed E-state index contributed by atoms with van der Waals surface area (Å²) in [7, 11) is 1.79. The van der Waals surface area contributed by atoms with Gasteiger partial charge in [0.25, 0.3) is 0 Å². The normalized spacial score (nSPS) is 22.4. The average molecular weight is 440 g/mol. The Morgan fingerprint density at radius 1 is 1.35 bits per heavy atom. The first kappa shape index (κ1) is 20.3. The van der Waals surface area contributed by atoms with Gasteiger partial charge in [-0.3, -0.25) is 4.99 Å². The molecule has 0 aromatic rings. The van der Waals surface area contributed by atoms with Crippen molar-refractivity contribution in [2.75, 3.05) is 46.5 Å². The van der Waals surface area contributed by atoms with Crippen molar-refractivity contribution in [3.8, 4) is 0 Å². The Kier molecular flexibility index (Phi) is 9.61. The van der Waals surface area contributed by atoms with E-state index in [0.717, 1.165) is 58.1 Å². The summed E-state index contributed by atoms with van der Waals surface area (Å²) in [5, 5.41) is 6.81. The lowest BCUT2D eigenvalue weighted by atomic mass is 10.1. The molecule has 2 N–H and O–H groups in total. The summed E-state index contributed by atoms with van der Waals surface area (Å²) in [6.07, 6.45) is 2.73. The minimum atomic E-state index is -0.204. The lowest BCUT2D eigenvalue weighted by Gasteiger charge is -2.32. The van der Waals surface area contributed by atoms with Gasteiger partial charge < -0.3 is 25.0 Å². The SMILES string of the molecule is CCOC(=O)N1CCC(NC(=NC)NCC2CCOC2)CC1.I. The number of nitrogens with zero attached hydrogens (tertiary/aromatic N) is 2. The van der Waals surface area contributed by atoms with Gasteiger partial charge in [-0.25, -0.2) is 4.79 Å². The van der Waals surface area contributed by atoms with Crippen molar-refractivity contribution < 1.29 is 14.3 Å². The molecule has 7 nitrogen and oxygen atoms in total. The maximum atomic E-state index is 11.7. The van der Waals surface area contributed by atoms with Crippen molar-refractivity contribution >= 4 is 36.0 Å². The summed E-state index contributed by atoms with van der Waals surface area (Å²) < 4.78 is 10.4. The summed E-state index contributed by atoms with van der Waals surface area (Å²) in [6, 6.07) is 0.344. The van der Waals surface area contributed by atoms with E-state index >= 15 is 0 Å². The fourth-order valence-corrected chi connectivity index (χ4v) is 2.79. The van der Waals surface area contributed by atoms with Gasteiger partial charge in [-0.15, -0.1) is 24.0 Å². The second kappa shape index (κ2) is 10.9. The van der Waals surface area contributed by atoms with Crippen LogP contribution in [0.4, 0.5) is 4.79 Å². The number of hydrogen-bond acceptors (Lipinski definition) is 4. The lowest BCUT2D eigenvalue weighted by molar-refractivity contribution is 0.0963. The molecule has 1 unspecified atom stereocenters. The van der Waals surface area contributed by atoms with Gasteiger partial charge in [0.05, 0.1) is 13.2 Å². The number of piperidine rings is 1. The van der Waals surface area contributed by atoms with Crippen LogP contribution in [0.5, 0.6) is 0 Å². The summed E-state index contributed by atoms with van der Waals surface area (Å²) >= 11 is 0. The van der Waals surface area contributed by atoms with E-state index < -0.39 is 0 Å². The number of aliphatic imine (C=N–C) groups is 1. The Morgan fingerprint density at radius 2 is 2.09 bits per heavy atom. The van der Waals surface area contributed by atoms with Gasteiger partial charge in [-0.2, -0.15) is 0 Å². The van der Waals surface area contributed by atoms with Crippen LogP contribution >= 0.6 is 24.0 Å². The number of likely N-dealkylation sites (tertiary alicyclic amines) is 1. The van der Waals surface area contributed by atoms with Gasteiger partial charge in [0.15, 0.2) is 5.96 Å². The number of carbonyl (C=O) groups is 1. The highest BCUT2D eigenvalue weighted by molar-refractivity contribution is 14.0. The van der Waals surface area contributed by atoms with Crippen molar-refractivity contribution in [2.45, 2.75) is 32.2 Å². The molecule has 0 aromatic carbocycles. The van der Waals surface area contributed by atoms with Gasteiger partial charge in [0, 0.05) is 45.2 Å². The summed E-state index contributed by atoms with van der Waals surface area (Å²) in [5.41, 5.74) is 0. The summed E-state index contributed by atoms with van der Waals surface area (Å²) in [6.45, 7) is 6.30. The largest absolute Gasteiger partial charge is 0.450 e. The lowest BCUT2D eigenvalue weighted by Crippen LogP contribution is -2.50. The molecule has 0 aromatic heterocycles. The number of amides is 1. The third-order valence-electron chi connectivity index (χ3n) is 4.17. The van der Waals surface area contributed by atoms with E-state index in [4.69, 9.17) is 9.47 Å². The first-order chi connectivity index (χ1) is 10.7. The number of rotatable bonds is 4. The third kappa shape index (κ3) is 6.70. The molecule has 1 amide bonds. The van der Waals surface area contributed by atoms with E-state index in [1.165, 1.54) is 0 Å². The highest BCUT2D eigenvalue weighted by Crippen LogP contribution is 2.12. The van der Waals surface area contributed by atoms with Crippen LogP contribution < -0.4 is 10.6 Å². The third-order valence-corrected chi connectivity index (χ3v) is 4.17. The van der Waals surface area contributed by atoms with E-state index in [1.54, 1.807) is 11.9 Å². The minimum Gasteiger partial charge on any atom is -0.450 e. The molecule has 2 aliphatic heterocycles. The van der Waals surface area contributed by atoms with Gasteiger partial charge in [0.1, 0.15) is 0 Å². The van der Waals surface area contributed by atoms with Crippen molar-refractivity contribution in [1.82, 2.24) is 15.5 Å². The topological polar surface area (TPSA) is 75.2 Å². The van der Waals surface area contributed by atoms with Crippen molar-refractivity contribution in [3.63, 3.8) is 0 Å². The Bertz CT molecular complexity index is 381. The van der Waals surface area contributed by atoms with E-state index in [0.29, 0.717) is 18.6 Å². The van der Waals surface area contributed by atoms with Crippen LogP contribution in [0.15, 0.2) is 4.99 Å². The molecule has 0 spiro atoms. The van der Waals surface area contributed by atoms with E-state index in [1.807, 2.05) is 6.92 Å². The number of ether oxygens (including phenoxy) is 2. The maximum absolute atomic E-state index is 11.7. The van der Waals surface area contributed by atoms with Gasteiger partial charge in [0.2, 0.25) is 0 Å². The molecule has 0 aliphatic carbocycles. The second-order valence-corrected chi connectivity index (χ2v) is 5.79. The van der Waals surface area contributed by atoms with Crippen LogP contribution in [0.25, 0.3) is 0 Å². The van der Waals surface area contributed by atoms with Crippen molar-refractivity contribution in [1.29, 1.82) is 0 Å². The molecule has 0 radical (unpaired) electrons. The van der Waals surface area contributed by atoms with Crippen LogP contribution in [-0.4, -0.2) is 69.5 Å². The maximum Gasteiger partial charge on any atom is 0.409 e. The number of nitrogens with one attached hydrogen (secondary N) is 2. The Morgan fingerprint density at radius 3 is 2.65 bits per heavy atom. The predicted octanol–water partition coefficient (Wildman–Crippen LogP) is 1.43. The van der Waals surface area contributed by atoms with Gasteiger partial charge >= 0.3 is 6.09 Å². The monoisotopic (exact) mass is 440 g/mol. The van der Waals surface area contributed by atoms with Crippen molar-refractivity contribution in [3.05, 3.63) is 0 Å². The average Bonchev–Trinajstić information content (AvgIpc) is 3.05.